The van der Waals surface area contributed by atoms with Gasteiger partial charge in [-0.1, -0.05) is 177 Å². The molecule has 0 heterocycles. The fourth-order valence-electron chi connectivity index (χ4n) is 6.46. The Labute approximate surface area is 376 Å². The van der Waals surface area contributed by atoms with E-state index in [0.29, 0.717) is 24.1 Å². The third kappa shape index (κ3) is 48.8. The van der Waals surface area contributed by atoms with Gasteiger partial charge in [-0.05, 0) is 83.5 Å². The Morgan fingerprint density at radius 1 is 0.525 bits per heavy atom. The third-order valence-corrected chi connectivity index (χ3v) is 11.2. The molecule has 2 atom stereocenters. The molecule has 1 N–H and O–H groups in total. The Hall–Kier alpha value is -2.06. The van der Waals surface area contributed by atoms with Gasteiger partial charge in [0.1, 0.15) is 19.3 Å². The van der Waals surface area contributed by atoms with Crippen molar-refractivity contribution in [3.8, 4) is 0 Å². The van der Waals surface area contributed by atoms with Crippen molar-refractivity contribution in [3.05, 3.63) is 72.9 Å². The lowest BCUT2D eigenvalue weighted by Gasteiger charge is -2.24. The molecule has 0 spiro atoms. The molecule has 0 aromatic heterocycles. The van der Waals surface area contributed by atoms with Gasteiger partial charge in [-0.25, -0.2) is 4.57 Å². The van der Waals surface area contributed by atoms with Crippen molar-refractivity contribution < 1.29 is 37.3 Å². The first-order valence-corrected chi connectivity index (χ1v) is 26.2. The smallest absolute Gasteiger partial charge is 0.457 e. The van der Waals surface area contributed by atoms with Gasteiger partial charge in [0.25, 0.3) is 0 Å². The number of carbonyl (C=O) groups excluding carboxylic acids is 1. The van der Waals surface area contributed by atoms with Gasteiger partial charge in [-0.15, -0.1) is 0 Å². The predicted molar refractivity (Wildman–Crippen MR) is 261 cm³/mol. The number of allylic oxidation sites excluding steroid dienone is 12. The average molecular weight is 877 g/mol. The van der Waals surface area contributed by atoms with Crippen molar-refractivity contribution >= 4 is 13.8 Å². The quantitative estimate of drug-likeness (QED) is 0.0214. The molecule has 0 aliphatic heterocycles. The van der Waals surface area contributed by atoms with E-state index in [0.717, 1.165) is 83.5 Å². The molecule has 0 aromatic carbocycles. The largest absolute Gasteiger partial charge is 0.472 e. The minimum Gasteiger partial charge on any atom is -0.457 e. The van der Waals surface area contributed by atoms with Gasteiger partial charge in [0.05, 0.1) is 34.4 Å². The van der Waals surface area contributed by atoms with E-state index < -0.39 is 13.9 Å². The highest BCUT2D eigenvalue weighted by Gasteiger charge is 2.26. The van der Waals surface area contributed by atoms with Crippen LogP contribution in [0.4, 0.5) is 0 Å². The van der Waals surface area contributed by atoms with Crippen LogP contribution in [0.5, 0.6) is 0 Å². The van der Waals surface area contributed by atoms with E-state index in [2.05, 4.69) is 86.8 Å². The lowest BCUT2D eigenvalue weighted by Crippen LogP contribution is -2.37. The van der Waals surface area contributed by atoms with Crippen LogP contribution >= 0.6 is 7.82 Å². The molecule has 0 bridgehead atoms. The summed E-state index contributed by atoms with van der Waals surface area (Å²) in [4.78, 5) is 23.0. The second-order valence-corrected chi connectivity index (χ2v) is 18.9. The molecule has 61 heavy (non-hydrogen) atoms. The van der Waals surface area contributed by atoms with Crippen LogP contribution in [0.3, 0.4) is 0 Å². The summed E-state index contributed by atoms with van der Waals surface area (Å²) in [7, 11) is 1.64. The Bertz CT molecular complexity index is 1200. The summed E-state index contributed by atoms with van der Waals surface area (Å²) in [6.45, 7) is 5.44. The third-order valence-electron chi connectivity index (χ3n) is 10.3. The highest BCUT2D eigenvalue weighted by atomic mass is 31.2. The summed E-state index contributed by atoms with van der Waals surface area (Å²) in [5, 5.41) is 0. The van der Waals surface area contributed by atoms with Crippen molar-refractivity contribution in [2.45, 2.75) is 200 Å². The maximum Gasteiger partial charge on any atom is 0.472 e. The molecule has 0 aliphatic carbocycles. The number of hydrogen-bond acceptors (Lipinski definition) is 6. The van der Waals surface area contributed by atoms with Crippen LogP contribution in [0, 0.1) is 0 Å². The molecule has 8 nitrogen and oxygen atoms in total. The minimum atomic E-state index is -4.29. The number of ether oxygens (including phenoxy) is 2. The molecule has 0 aromatic rings. The lowest BCUT2D eigenvalue weighted by molar-refractivity contribution is -0.870. The van der Waals surface area contributed by atoms with Gasteiger partial charge >= 0.3 is 13.8 Å². The topological polar surface area (TPSA) is 91.3 Å². The fourth-order valence-corrected chi connectivity index (χ4v) is 7.20. The molecule has 354 valence electrons. The van der Waals surface area contributed by atoms with Crippen molar-refractivity contribution in [1.82, 2.24) is 0 Å². The van der Waals surface area contributed by atoms with E-state index in [1.807, 2.05) is 21.1 Å². The lowest BCUT2D eigenvalue weighted by atomic mass is 10.1. The molecule has 0 saturated carbocycles. The summed E-state index contributed by atoms with van der Waals surface area (Å²) in [5.41, 5.74) is 0. The van der Waals surface area contributed by atoms with E-state index >= 15 is 0 Å². The van der Waals surface area contributed by atoms with Gasteiger partial charge < -0.3 is 18.9 Å². The normalized spacial score (nSPS) is 14.3. The van der Waals surface area contributed by atoms with Crippen molar-refractivity contribution in [3.63, 3.8) is 0 Å². The summed E-state index contributed by atoms with van der Waals surface area (Å²) in [6, 6.07) is 0. The zero-order valence-corrected chi connectivity index (χ0v) is 41.0. The Morgan fingerprint density at radius 3 is 1.44 bits per heavy atom. The predicted octanol–water partition coefficient (Wildman–Crippen LogP) is 15.1. The SMILES string of the molecule is CC/C=C\C/C=C\C/C=C\C/C=C\C/C=C\CCCCCCOCC(COP(=O)(O)OCC[N+](C)(C)C)OC(=O)CCCCCCCCCCC/C=C\CCCCCCCC. The molecule has 0 saturated heterocycles. The Morgan fingerprint density at radius 2 is 0.951 bits per heavy atom. The van der Waals surface area contributed by atoms with Crippen molar-refractivity contribution in [2.75, 3.05) is 54.1 Å². The van der Waals surface area contributed by atoms with E-state index in [1.54, 1.807) is 0 Å². The number of esters is 1. The van der Waals surface area contributed by atoms with Gasteiger partial charge in [0.15, 0.2) is 0 Å². The molecule has 2 unspecified atom stereocenters. The first-order chi connectivity index (χ1) is 29.6. The molecule has 0 rings (SSSR count). The second kappa shape index (κ2) is 44.5. The van der Waals surface area contributed by atoms with Crippen LogP contribution in [-0.2, 0) is 27.9 Å². The standard InChI is InChI=1S/C52H94NO7P/c1-6-8-10-12-14-16-18-20-22-24-26-28-30-32-34-36-38-40-42-44-47-57-49-51(50-59-61(55,56)58-48-46-53(3,4)5)60-52(54)45-43-41-39-37-35-33-31-29-27-25-23-21-19-17-15-13-11-9-7-2/h8,10,14,16,20-23,26,28,32,34,51H,6-7,9,11-13,15,17-19,24-25,27,29-31,33,35-50H2,1-5H3/p+1/b10-8-,16-14-,22-20-,23-21-,28-26-,34-32-. The van der Waals surface area contributed by atoms with Crippen LogP contribution in [0.15, 0.2) is 72.9 Å². The van der Waals surface area contributed by atoms with E-state index in [1.165, 1.54) is 89.9 Å². The first-order valence-electron chi connectivity index (χ1n) is 24.7. The van der Waals surface area contributed by atoms with E-state index in [9.17, 15) is 14.3 Å². The number of unbranched alkanes of at least 4 members (excludes halogenated alkanes) is 19. The number of phosphoric ester groups is 1. The summed E-state index contributed by atoms with van der Waals surface area (Å²) >= 11 is 0. The Balaban J connectivity index is 4.24. The molecule has 0 aliphatic rings. The zero-order valence-electron chi connectivity index (χ0n) is 40.1. The van der Waals surface area contributed by atoms with Crippen molar-refractivity contribution in [2.24, 2.45) is 0 Å². The highest BCUT2D eigenvalue weighted by molar-refractivity contribution is 7.47. The molecule has 0 amide bonds. The van der Waals surface area contributed by atoms with E-state index in [4.69, 9.17) is 18.5 Å². The monoisotopic (exact) mass is 877 g/mol. The fraction of sp³-hybridized carbons (Fsp3) is 0.750. The van der Waals surface area contributed by atoms with Crippen LogP contribution < -0.4 is 0 Å². The minimum absolute atomic E-state index is 0.0797. The molecule has 0 radical (unpaired) electrons. The van der Waals surface area contributed by atoms with Gasteiger partial charge in [-0.2, -0.15) is 0 Å². The van der Waals surface area contributed by atoms with Gasteiger partial charge in [0, 0.05) is 13.0 Å². The Kier molecular flexibility index (Phi) is 43.0. The number of carbonyl (C=O) groups is 1. The highest BCUT2D eigenvalue weighted by Crippen LogP contribution is 2.43. The number of likely N-dealkylation sites (N-methyl/N-ethyl adjacent to an activating group) is 1. The zero-order chi connectivity index (χ0) is 44.8. The average Bonchev–Trinajstić information content (AvgIpc) is 3.22. The van der Waals surface area contributed by atoms with Gasteiger partial charge in [-0.3, -0.25) is 13.8 Å². The van der Waals surface area contributed by atoms with Crippen LogP contribution in [-0.4, -0.2) is 75.6 Å². The first kappa shape index (κ1) is 58.9. The maximum atomic E-state index is 12.7. The van der Waals surface area contributed by atoms with E-state index in [-0.39, 0.29) is 25.8 Å². The number of quaternary nitrogens is 1. The maximum absolute atomic E-state index is 12.7. The number of phosphoric acid groups is 1. The summed E-state index contributed by atoms with van der Waals surface area (Å²) in [6.07, 6.45) is 58.0. The number of rotatable bonds is 45. The van der Waals surface area contributed by atoms with Crippen LogP contribution in [0.25, 0.3) is 0 Å². The van der Waals surface area contributed by atoms with Crippen LogP contribution in [0.1, 0.15) is 194 Å². The number of hydrogen-bond donors (Lipinski definition) is 1. The number of nitrogens with zero attached hydrogens (tertiary/aromatic N) is 1. The molecular formula is C52H95NO7P+. The molecule has 9 heteroatoms. The second-order valence-electron chi connectivity index (χ2n) is 17.5. The van der Waals surface area contributed by atoms with Gasteiger partial charge in [0.2, 0.25) is 0 Å². The summed E-state index contributed by atoms with van der Waals surface area (Å²) in [5.74, 6) is -0.327. The van der Waals surface area contributed by atoms with Crippen molar-refractivity contribution in [1.29, 1.82) is 0 Å². The summed E-state index contributed by atoms with van der Waals surface area (Å²) < 4.78 is 35.1. The molecular weight excluding hydrogens is 782 g/mol. The molecule has 0 fully saturated rings. The van der Waals surface area contributed by atoms with Crippen LogP contribution in [0.2, 0.25) is 0 Å².